The number of hydrogen-bond acceptors (Lipinski definition) is 4. The minimum atomic E-state index is -0.0998. The van der Waals surface area contributed by atoms with Crippen molar-refractivity contribution in [3.8, 4) is 0 Å². The third-order valence-electron chi connectivity index (χ3n) is 4.59. The molecule has 1 aliphatic rings. The molecule has 0 spiro atoms. The Morgan fingerprint density at radius 3 is 2.63 bits per heavy atom. The second-order valence-corrected chi connectivity index (χ2v) is 7.74. The van der Waals surface area contributed by atoms with E-state index in [1.54, 1.807) is 11.3 Å². The van der Waals surface area contributed by atoms with E-state index in [0.29, 0.717) is 10.7 Å². The van der Waals surface area contributed by atoms with Crippen LogP contribution in [0.4, 0.5) is 5.13 Å². The van der Waals surface area contributed by atoms with Gasteiger partial charge in [0.25, 0.3) is 5.91 Å². The average Bonchev–Trinajstić information content (AvgIpc) is 3.04. The molecule has 140 valence electrons. The zero-order valence-corrected chi connectivity index (χ0v) is 16.8. The number of anilines is 1. The fraction of sp³-hybridized carbons (Fsp3) is 0.238. The summed E-state index contributed by atoms with van der Waals surface area (Å²) >= 11 is 1.59. The number of fused-ring (bicyclic) bond motifs is 1. The van der Waals surface area contributed by atoms with Gasteiger partial charge in [0.1, 0.15) is 0 Å². The number of nitrogens with zero attached hydrogens (tertiary/aromatic N) is 2. The van der Waals surface area contributed by atoms with Gasteiger partial charge in [-0.05, 0) is 24.6 Å². The molecule has 0 saturated carbocycles. The van der Waals surface area contributed by atoms with Gasteiger partial charge in [0.15, 0.2) is 5.13 Å². The molecule has 4 rings (SSSR count). The number of halogens is 1. The van der Waals surface area contributed by atoms with E-state index in [9.17, 15) is 4.79 Å². The van der Waals surface area contributed by atoms with Gasteiger partial charge >= 0.3 is 0 Å². The van der Waals surface area contributed by atoms with Crippen LogP contribution in [0.1, 0.15) is 32.1 Å². The minimum Gasteiger partial charge on any atom is -0.298 e. The summed E-state index contributed by atoms with van der Waals surface area (Å²) in [5.41, 5.74) is 4.26. The molecule has 6 heteroatoms. The van der Waals surface area contributed by atoms with Gasteiger partial charge in [0.2, 0.25) is 0 Å². The van der Waals surface area contributed by atoms with Crippen molar-refractivity contribution in [3.05, 3.63) is 81.9 Å². The molecule has 0 bridgehead atoms. The second kappa shape index (κ2) is 8.65. The summed E-state index contributed by atoms with van der Waals surface area (Å²) in [5, 5.41) is 3.65. The smallest absolute Gasteiger partial charge is 0.257 e. The molecular weight excluding hydrogens is 378 g/mol. The number of aryl methyl sites for hydroxylation is 1. The molecule has 27 heavy (non-hydrogen) atoms. The lowest BCUT2D eigenvalue weighted by atomic mass is 10.1. The SMILES string of the molecule is Cc1ccc(C(=O)Nc2nc3c(s2)CN(Cc2ccccc2)CC3)cc1.Cl. The molecule has 0 radical (unpaired) electrons. The van der Waals surface area contributed by atoms with Gasteiger partial charge in [-0.1, -0.05) is 48.0 Å². The Morgan fingerprint density at radius 1 is 1.15 bits per heavy atom. The van der Waals surface area contributed by atoms with Crippen molar-refractivity contribution in [2.75, 3.05) is 11.9 Å². The van der Waals surface area contributed by atoms with Gasteiger partial charge in [-0.2, -0.15) is 0 Å². The fourth-order valence-corrected chi connectivity index (χ4v) is 4.20. The highest BCUT2D eigenvalue weighted by molar-refractivity contribution is 7.15. The van der Waals surface area contributed by atoms with Gasteiger partial charge < -0.3 is 0 Å². The van der Waals surface area contributed by atoms with Crippen LogP contribution in [0.3, 0.4) is 0 Å². The number of amides is 1. The van der Waals surface area contributed by atoms with Crippen molar-refractivity contribution in [1.29, 1.82) is 0 Å². The van der Waals surface area contributed by atoms with Crippen LogP contribution in [0.5, 0.6) is 0 Å². The first kappa shape index (κ1) is 19.5. The molecule has 2 aromatic carbocycles. The summed E-state index contributed by atoms with van der Waals surface area (Å²) in [6.07, 6.45) is 0.930. The summed E-state index contributed by atoms with van der Waals surface area (Å²) in [5.74, 6) is -0.0998. The average molecular weight is 400 g/mol. The molecule has 0 aliphatic carbocycles. The van der Waals surface area contributed by atoms with Crippen LogP contribution >= 0.6 is 23.7 Å². The number of rotatable bonds is 4. The number of aromatic nitrogens is 1. The standard InChI is InChI=1S/C21H21N3OS.ClH/c1-15-7-9-17(10-8-15)20(25)23-21-22-18-11-12-24(14-19(18)26-21)13-16-5-3-2-4-6-16;/h2-10H,11-14H2,1H3,(H,22,23,25);1H. The molecule has 2 heterocycles. The van der Waals surface area contributed by atoms with E-state index in [0.717, 1.165) is 37.3 Å². The molecule has 4 nitrogen and oxygen atoms in total. The molecule has 0 unspecified atom stereocenters. The molecule has 0 atom stereocenters. The van der Waals surface area contributed by atoms with Crippen molar-refractivity contribution in [1.82, 2.24) is 9.88 Å². The zero-order valence-electron chi connectivity index (χ0n) is 15.1. The topological polar surface area (TPSA) is 45.2 Å². The molecule has 3 aromatic rings. The Kier molecular flexibility index (Phi) is 6.26. The van der Waals surface area contributed by atoms with Gasteiger partial charge in [-0.15, -0.1) is 23.7 Å². The molecule has 0 fully saturated rings. The van der Waals surface area contributed by atoms with Crippen molar-refractivity contribution in [2.45, 2.75) is 26.4 Å². The van der Waals surface area contributed by atoms with Crippen LogP contribution in [-0.2, 0) is 19.5 Å². The molecule has 1 aromatic heterocycles. The summed E-state index contributed by atoms with van der Waals surface area (Å²) < 4.78 is 0. The van der Waals surface area contributed by atoms with Crippen LogP contribution in [0.25, 0.3) is 0 Å². The zero-order chi connectivity index (χ0) is 17.9. The maximum Gasteiger partial charge on any atom is 0.257 e. The quantitative estimate of drug-likeness (QED) is 0.692. The molecule has 1 N–H and O–H groups in total. The number of carbonyl (C=O) groups is 1. The Morgan fingerprint density at radius 2 is 1.89 bits per heavy atom. The Bertz CT molecular complexity index is 909. The van der Waals surface area contributed by atoms with Gasteiger partial charge in [0.05, 0.1) is 5.69 Å². The van der Waals surface area contributed by atoms with E-state index in [4.69, 9.17) is 0 Å². The van der Waals surface area contributed by atoms with E-state index < -0.39 is 0 Å². The Labute approximate surface area is 169 Å². The van der Waals surface area contributed by atoms with E-state index in [1.807, 2.05) is 37.3 Å². The number of nitrogens with one attached hydrogen (secondary N) is 1. The van der Waals surface area contributed by atoms with Gasteiger partial charge in [0, 0.05) is 36.5 Å². The van der Waals surface area contributed by atoms with Gasteiger partial charge in [-0.25, -0.2) is 4.98 Å². The van der Waals surface area contributed by atoms with E-state index >= 15 is 0 Å². The van der Waals surface area contributed by atoms with Crippen LogP contribution in [0, 0.1) is 6.92 Å². The Balaban J connectivity index is 0.00000210. The highest BCUT2D eigenvalue weighted by Gasteiger charge is 2.21. The first-order chi connectivity index (χ1) is 12.7. The van der Waals surface area contributed by atoms with Crippen LogP contribution < -0.4 is 5.32 Å². The molecule has 1 amide bonds. The maximum absolute atomic E-state index is 12.4. The number of benzene rings is 2. The first-order valence-electron chi connectivity index (χ1n) is 8.80. The molecule has 0 saturated heterocycles. The highest BCUT2D eigenvalue weighted by Crippen LogP contribution is 2.29. The normalized spacial score (nSPS) is 13.5. The number of thiazole rings is 1. The fourth-order valence-electron chi connectivity index (χ4n) is 3.15. The Hall–Kier alpha value is -2.21. The van der Waals surface area contributed by atoms with Crippen molar-refractivity contribution >= 4 is 34.8 Å². The minimum absolute atomic E-state index is 0. The largest absolute Gasteiger partial charge is 0.298 e. The summed E-state index contributed by atoms with van der Waals surface area (Å²) in [6.45, 7) is 4.85. The number of carbonyl (C=O) groups excluding carboxylic acids is 1. The molecule has 1 aliphatic heterocycles. The monoisotopic (exact) mass is 399 g/mol. The van der Waals surface area contributed by atoms with Crippen molar-refractivity contribution in [3.63, 3.8) is 0 Å². The van der Waals surface area contributed by atoms with Crippen molar-refractivity contribution in [2.24, 2.45) is 0 Å². The molecular formula is C21H22ClN3OS. The lowest BCUT2D eigenvalue weighted by Gasteiger charge is -2.25. The predicted octanol–water partition coefficient (Wildman–Crippen LogP) is 4.68. The summed E-state index contributed by atoms with van der Waals surface area (Å²) in [6, 6.07) is 18.1. The maximum atomic E-state index is 12.4. The van der Waals surface area contributed by atoms with Crippen LogP contribution in [0.2, 0.25) is 0 Å². The summed E-state index contributed by atoms with van der Waals surface area (Å²) in [7, 11) is 0. The lowest BCUT2D eigenvalue weighted by Crippen LogP contribution is -2.29. The first-order valence-corrected chi connectivity index (χ1v) is 9.62. The third-order valence-corrected chi connectivity index (χ3v) is 5.59. The van der Waals surface area contributed by atoms with Gasteiger partial charge in [-0.3, -0.25) is 15.0 Å². The number of hydrogen-bond donors (Lipinski definition) is 1. The van der Waals surface area contributed by atoms with E-state index in [2.05, 4.69) is 39.5 Å². The summed E-state index contributed by atoms with van der Waals surface area (Å²) in [4.78, 5) is 20.7. The lowest BCUT2D eigenvalue weighted by molar-refractivity contribution is 0.102. The van der Waals surface area contributed by atoms with E-state index in [-0.39, 0.29) is 18.3 Å². The second-order valence-electron chi connectivity index (χ2n) is 6.66. The third kappa shape index (κ3) is 4.75. The van der Waals surface area contributed by atoms with Crippen molar-refractivity contribution < 1.29 is 4.79 Å². The predicted molar refractivity (Wildman–Crippen MR) is 113 cm³/mol. The highest BCUT2D eigenvalue weighted by atomic mass is 35.5. The van der Waals surface area contributed by atoms with Crippen LogP contribution in [-0.4, -0.2) is 22.3 Å². The van der Waals surface area contributed by atoms with E-state index in [1.165, 1.54) is 10.4 Å². The van der Waals surface area contributed by atoms with Crippen LogP contribution in [0.15, 0.2) is 54.6 Å².